The van der Waals surface area contributed by atoms with Crippen molar-refractivity contribution in [2.45, 2.75) is 25.3 Å². The quantitative estimate of drug-likeness (QED) is 0.905. The van der Waals surface area contributed by atoms with Gasteiger partial charge in [-0.3, -0.25) is 9.71 Å². The third-order valence-electron chi connectivity index (χ3n) is 3.08. The van der Waals surface area contributed by atoms with E-state index < -0.39 is 15.8 Å². The average Bonchev–Trinajstić information content (AvgIpc) is 2.44. The highest BCUT2D eigenvalue weighted by atomic mass is 32.2. The predicted octanol–water partition coefficient (Wildman–Crippen LogP) is 2.10. The van der Waals surface area contributed by atoms with Crippen LogP contribution in [0.4, 0.5) is 10.1 Å². The molecule has 0 bridgehead atoms. The Kier molecular flexibility index (Phi) is 4.24. The van der Waals surface area contributed by atoms with Crippen LogP contribution in [0, 0.1) is 19.7 Å². The fourth-order valence-corrected chi connectivity index (χ4v) is 3.16. The van der Waals surface area contributed by atoms with Crippen LogP contribution in [0.3, 0.4) is 0 Å². The molecule has 1 heterocycles. The Morgan fingerprint density at radius 2 is 2.05 bits per heavy atom. The predicted molar refractivity (Wildman–Crippen MR) is 78.8 cm³/mol. The fraction of sp³-hybridized carbons (Fsp3) is 0.214. The van der Waals surface area contributed by atoms with Gasteiger partial charge in [-0.25, -0.2) is 12.8 Å². The van der Waals surface area contributed by atoms with Gasteiger partial charge in [0.05, 0.1) is 16.3 Å². The van der Waals surface area contributed by atoms with E-state index in [2.05, 4.69) is 9.71 Å². The highest BCUT2D eigenvalue weighted by molar-refractivity contribution is 7.92. The maximum absolute atomic E-state index is 13.8. The van der Waals surface area contributed by atoms with Gasteiger partial charge in [0.2, 0.25) is 0 Å². The molecule has 0 atom stereocenters. The van der Waals surface area contributed by atoms with E-state index in [4.69, 9.17) is 5.73 Å². The number of nitrogens with one attached hydrogen (secondary N) is 1. The first-order valence-corrected chi connectivity index (χ1v) is 7.77. The minimum absolute atomic E-state index is 0.0231. The second kappa shape index (κ2) is 5.79. The molecule has 7 heteroatoms. The molecule has 0 aliphatic rings. The number of aryl methyl sites for hydroxylation is 2. The maximum Gasteiger partial charge on any atom is 0.261 e. The van der Waals surface area contributed by atoms with Crippen LogP contribution < -0.4 is 10.5 Å². The van der Waals surface area contributed by atoms with Crippen molar-refractivity contribution < 1.29 is 12.8 Å². The summed E-state index contributed by atoms with van der Waals surface area (Å²) in [5, 5.41) is 0. The number of rotatable bonds is 4. The van der Waals surface area contributed by atoms with Crippen molar-refractivity contribution in [1.82, 2.24) is 4.98 Å². The molecule has 0 unspecified atom stereocenters. The van der Waals surface area contributed by atoms with Gasteiger partial charge in [0.15, 0.2) is 0 Å². The van der Waals surface area contributed by atoms with E-state index in [0.29, 0.717) is 11.4 Å². The Morgan fingerprint density at radius 3 is 2.67 bits per heavy atom. The second-order valence-corrected chi connectivity index (χ2v) is 6.34. The molecule has 5 nitrogen and oxygen atoms in total. The highest BCUT2D eigenvalue weighted by Crippen LogP contribution is 2.22. The van der Waals surface area contributed by atoms with Gasteiger partial charge in [-0.15, -0.1) is 0 Å². The van der Waals surface area contributed by atoms with Gasteiger partial charge in [0.1, 0.15) is 5.82 Å². The van der Waals surface area contributed by atoms with Gasteiger partial charge in [0.25, 0.3) is 10.0 Å². The summed E-state index contributed by atoms with van der Waals surface area (Å²) in [6.07, 6.45) is 1.57. The van der Waals surface area contributed by atoms with E-state index >= 15 is 0 Å². The third kappa shape index (κ3) is 3.20. The number of anilines is 1. The van der Waals surface area contributed by atoms with Crippen molar-refractivity contribution in [2.75, 3.05) is 4.72 Å². The molecule has 0 spiro atoms. The largest absolute Gasteiger partial charge is 0.326 e. The first-order chi connectivity index (χ1) is 9.85. The van der Waals surface area contributed by atoms with Crippen molar-refractivity contribution in [2.24, 2.45) is 5.73 Å². The van der Waals surface area contributed by atoms with Crippen molar-refractivity contribution in [3.63, 3.8) is 0 Å². The molecule has 2 rings (SSSR count). The first kappa shape index (κ1) is 15.4. The van der Waals surface area contributed by atoms with E-state index in [9.17, 15) is 12.8 Å². The number of aromatic nitrogens is 1. The minimum Gasteiger partial charge on any atom is -0.326 e. The Balaban J connectivity index is 2.45. The summed E-state index contributed by atoms with van der Waals surface area (Å²) >= 11 is 0. The Hall–Kier alpha value is -1.99. The van der Waals surface area contributed by atoms with Gasteiger partial charge in [0, 0.05) is 18.3 Å². The maximum atomic E-state index is 13.8. The molecule has 1 aromatic carbocycles. The summed E-state index contributed by atoms with van der Waals surface area (Å²) in [6.45, 7) is 3.13. The smallest absolute Gasteiger partial charge is 0.261 e. The zero-order valence-corrected chi connectivity index (χ0v) is 12.5. The summed E-state index contributed by atoms with van der Waals surface area (Å²) in [4.78, 5) is 3.99. The van der Waals surface area contributed by atoms with Crippen LogP contribution in [0.1, 0.15) is 16.8 Å². The van der Waals surface area contributed by atoms with Crippen LogP contribution in [-0.2, 0) is 16.6 Å². The lowest BCUT2D eigenvalue weighted by atomic mass is 10.1. The molecular weight excluding hydrogens is 293 g/mol. The van der Waals surface area contributed by atoms with Crippen LogP contribution in [0.2, 0.25) is 0 Å². The highest BCUT2D eigenvalue weighted by Gasteiger charge is 2.18. The number of pyridine rings is 1. The van der Waals surface area contributed by atoms with E-state index in [0.717, 1.165) is 0 Å². The number of hydrogen-bond donors (Lipinski definition) is 2. The van der Waals surface area contributed by atoms with E-state index in [-0.39, 0.29) is 22.6 Å². The van der Waals surface area contributed by atoms with E-state index in [1.165, 1.54) is 19.1 Å². The number of hydrogen-bond acceptors (Lipinski definition) is 4. The standard InChI is InChI=1S/C14H16FN3O2S/c1-9-6-12(7-11(8-16)14(9)15)21(19,20)18-13-4-3-5-17-10(13)2/h3-7,18H,8,16H2,1-2H3. The van der Waals surface area contributed by atoms with Gasteiger partial charge in [-0.1, -0.05) is 0 Å². The Bertz CT molecular complexity index is 776. The number of benzene rings is 1. The molecule has 112 valence electrons. The molecule has 0 aliphatic heterocycles. The molecule has 21 heavy (non-hydrogen) atoms. The van der Waals surface area contributed by atoms with Crippen LogP contribution in [0.15, 0.2) is 35.4 Å². The average molecular weight is 309 g/mol. The Morgan fingerprint density at radius 1 is 1.33 bits per heavy atom. The van der Waals surface area contributed by atoms with Gasteiger partial charge >= 0.3 is 0 Å². The molecule has 2 aromatic rings. The molecule has 1 aromatic heterocycles. The Labute approximate surface area is 123 Å². The molecule has 0 amide bonds. The molecule has 0 radical (unpaired) electrons. The molecule has 0 saturated carbocycles. The van der Waals surface area contributed by atoms with Gasteiger partial charge in [-0.2, -0.15) is 0 Å². The summed E-state index contributed by atoms with van der Waals surface area (Å²) in [6, 6.07) is 5.77. The van der Waals surface area contributed by atoms with E-state index in [1.54, 1.807) is 25.3 Å². The van der Waals surface area contributed by atoms with Crippen molar-refractivity contribution in [3.05, 3.63) is 53.1 Å². The number of nitrogens with zero attached hydrogens (tertiary/aromatic N) is 1. The lowest BCUT2D eigenvalue weighted by molar-refractivity contribution is 0.591. The molecular formula is C14H16FN3O2S. The summed E-state index contributed by atoms with van der Waals surface area (Å²) in [5.74, 6) is -0.478. The molecule has 0 saturated heterocycles. The van der Waals surface area contributed by atoms with E-state index in [1.807, 2.05) is 0 Å². The van der Waals surface area contributed by atoms with Crippen LogP contribution in [0.25, 0.3) is 0 Å². The summed E-state index contributed by atoms with van der Waals surface area (Å²) in [7, 11) is -3.82. The monoisotopic (exact) mass is 309 g/mol. The summed E-state index contributed by atoms with van der Waals surface area (Å²) in [5.41, 5.74) is 6.78. The lowest BCUT2D eigenvalue weighted by Crippen LogP contribution is -2.15. The fourth-order valence-electron chi connectivity index (χ4n) is 1.91. The number of nitrogens with two attached hydrogens (primary N) is 1. The minimum atomic E-state index is -3.82. The first-order valence-electron chi connectivity index (χ1n) is 6.28. The SMILES string of the molecule is Cc1cc(S(=O)(=O)Nc2cccnc2C)cc(CN)c1F. The summed E-state index contributed by atoms with van der Waals surface area (Å²) < 4.78 is 41.0. The van der Waals surface area contributed by atoms with Crippen LogP contribution in [0.5, 0.6) is 0 Å². The number of halogens is 1. The molecule has 0 aliphatic carbocycles. The third-order valence-corrected chi connectivity index (χ3v) is 4.43. The van der Waals surface area contributed by atoms with Crippen LogP contribution >= 0.6 is 0 Å². The second-order valence-electron chi connectivity index (χ2n) is 4.66. The molecule has 3 N–H and O–H groups in total. The zero-order chi connectivity index (χ0) is 15.6. The van der Waals surface area contributed by atoms with Gasteiger partial charge < -0.3 is 5.73 Å². The molecule has 0 fully saturated rings. The van der Waals surface area contributed by atoms with Gasteiger partial charge in [-0.05, 0) is 43.7 Å². The van der Waals surface area contributed by atoms with Crippen molar-refractivity contribution >= 4 is 15.7 Å². The normalized spacial score (nSPS) is 11.4. The topological polar surface area (TPSA) is 85.1 Å². The lowest BCUT2D eigenvalue weighted by Gasteiger charge is -2.12. The van der Waals surface area contributed by atoms with Crippen molar-refractivity contribution in [3.8, 4) is 0 Å². The number of sulfonamides is 1. The van der Waals surface area contributed by atoms with Crippen LogP contribution in [-0.4, -0.2) is 13.4 Å². The van der Waals surface area contributed by atoms with Crippen molar-refractivity contribution in [1.29, 1.82) is 0 Å². The zero-order valence-electron chi connectivity index (χ0n) is 11.7.